The van der Waals surface area contributed by atoms with Crippen LogP contribution in [0.15, 0.2) is 12.1 Å². The van der Waals surface area contributed by atoms with Crippen molar-refractivity contribution in [1.82, 2.24) is 0 Å². The molecule has 5 atom stereocenters. The fraction of sp³-hybridized carbons (Fsp3) is 0.769. The van der Waals surface area contributed by atoms with Gasteiger partial charge in [-0.2, -0.15) is 0 Å². The Hall–Kier alpha value is -0.850. The highest BCUT2D eigenvalue weighted by molar-refractivity contribution is 5.37. The Morgan fingerprint density at radius 3 is 2.63 bits per heavy atom. The first-order valence-corrected chi connectivity index (χ1v) is 11.9. The normalized spacial score (nSPS) is 33.4. The lowest BCUT2D eigenvalue weighted by Crippen LogP contribution is -2.30. The second-order valence-electron chi connectivity index (χ2n) is 10.2. The molecule has 0 spiro atoms. The van der Waals surface area contributed by atoms with Crippen molar-refractivity contribution in [3.8, 4) is 0 Å². The van der Waals surface area contributed by atoms with Crippen LogP contribution in [-0.4, -0.2) is 0 Å². The average molecular weight is 371 g/mol. The highest BCUT2D eigenvalue weighted by Gasteiger charge is 2.36. The first-order valence-electron chi connectivity index (χ1n) is 11.9. The number of rotatable bonds is 5. The molecule has 1 heteroatoms. The number of hydrogen-bond donors (Lipinski definition) is 0. The lowest BCUT2D eigenvalue weighted by Gasteiger charge is -2.42. The van der Waals surface area contributed by atoms with Gasteiger partial charge in [0.25, 0.3) is 0 Å². The minimum absolute atomic E-state index is 0.0933. The van der Waals surface area contributed by atoms with E-state index in [4.69, 9.17) is 0 Å². The zero-order chi connectivity index (χ0) is 18.8. The van der Waals surface area contributed by atoms with E-state index in [1.807, 2.05) is 6.07 Å². The van der Waals surface area contributed by atoms with E-state index in [-0.39, 0.29) is 5.82 Å². The number of fused-ring (bicyclic) bond motifs is 2. The van der Waals surface area contributed by atoms with Gasteiger partial charge in [0.1, 0.15) is 5.82 Å². The van der Waals surface area contributed by atoms with Crippen molar-refractivity contribution < 1.29 is 4.39 Å². The molecule has 5 unspecified atom stereocenters. The van der Waals surface area contributed by atoms with Gasteiger partial charge in [-0.05, 0) is 104 Å². The highest BCUT2D eigenvalue weighted by Crippen LogP contribution is 2.49. The van der Waals surface area contributed by atoms with E-state index in [1.165, 1.54) is 81.8 Å². The predicted molar refractivity (Wildman–Crippen MR) is 113 cm³/mol. The second kappa shape index (κ2) is 8.66. The number of halogens is 1. The second-order valence-corrected chi connectivity index (χ2v) is 10.2. The third kappa shape index (κ3) is 4.43. The number of hydrogen-bond acceptors (Lipinski definition) is 0. The molecule has 1 aromatic carbocycles. The van der Waals surface area contributed by atoms with E-state index in [0.717, 1.165) is 36.2 Å². The molecule has 150 valence electrons. The molecule has 2 saturated carbocycles. The molecule has 0 aromatic heterocycles. The SMILES string of the molecule is CCCCCC1CCC2CC(c3cc(F)c4c(c3)CCC(C)C4)CCC2C1. The van der Waals surface area contributed by atoms with E-state index in [9.17, 15) is 4.39 Å². The van der Waals surface area contributed by atoms with Gasteiger partial charge < -0.3 is 0 Å². The third-order valence-corrected chi connectivity index (χ3v) is 8.18. The van der Waals surface area contributed by atoms with Crippen LogP contribution in [0.4, 0.5) is 4.39 Å². The Bertz CT molecular complexity index is 633. The van der Waals surface area contributed by atoms with E-state index in [0.29, 0.717) is 11.8 Å². The van der Waals surface area contributed by atoms with Crippen LogP contribution in [-0.2, 0) is 12.8 Å². The largest absolute Gasteiger partial charge is 0.207 e. The molecule has 0 bridgehead atoms. The first-order chi connectivity index (χ1) is 13.1. The summed E-state index contributed by atoms with van der Waals surface area (Å²) in [7, 11) is 0. The maximum absolute atomic E-state index is 14.8. The quantitative estimate of drug-likeness (QED) is 0.463. The summed E-state index contributed by atoms with van der Waals surface area (Å²) in [6.07, 6.45) is 17.3. The van der Waals surface area contributed by atoms with Crippen LogP contribution in [0.1, 0.15) is 107 Å². The molecule has 1 aromatic rings. The van der Waals surface area contributed by atoms with Gasteiger partial charge in [0.05, 0.1) is 0 Å². The molecule has 0 amide bonds. The fourth-order valence-electron chi connectivity index (χ4n) is 6.49. The van der Waals surface area contributed by atoms with Gasteiger partial charge in [-0.3, -0.25) is 0 Å². The topological polar surface area (TPSA) is 0 Å². The zero-order valence-electron chi connectivity index (χ0n) is 17.6. The molecule has 0 saturated heterocycles. The Labute approximate surface area is 166 Å². The van der Waals surface area contributed by atoms with Gasteiger partial charge in [-0.25, -0.2) is 4.39 Å². The van der Waals surface area contributed by atoms with Gasteiger partial charge in [0, 0.05) is 0 Å². The van der Waals surface area contributed by atoms with Crippen LogP contribution in [0.2, 0.25) is 0 Å². The Morgan fingerprint density at radius 1 is 0.963 bits per heavy atom. The van der Waals surface area contributed by atoms with Crippen LogP contribution in [0, 0.1) is 29.5 Å². The van der Waals surface area contributed by atoms with Gasteiger partial charge >= 0.3 is 0 Å². The molecule has 3 aliphatic carbocycles. The van der Waals surface area contributed by atoms with E-state index in [2.05, 4.69) is 19.9 Å². The Morgan fingerprint density at radius 2 is 1.78 bits per heavy atom. The summed E-state index contributed by atoms with van der Waals surface area (Å²) in [5, 5.41) is 0. The lowest BCUT2D eigenvalue weighted by atomic mass is 9.63. The fourth-order valence-corrected chi connectivity index (χ4v) is 6.49. The zero-order valence-corrected chi connectivity index (χ0v) is 17.6. The van der Waals surface area contributed by atoms with E-state index >= 15 is 0 Å². The van der Waals surface area contributed by atoms with Crippen LogP contribution in [0.3, 0.4) is 0 Å². The molecule has 4 rings (SSSR count). The molecule has 3 aliphatic rings. The molecular weight excluding hydrogens is 331 g/mol. The maximum atomic E-state index is 14.8. The monoisotopic (exact) mass is 370 g/mol. The molecule has 0 aliphatic heterocycles. The minimum atomic E-state index is 0.0933. The average Bonchev–Trinajstić information content (AvgIpc) is 2.68. The minimum Gasteiger partial charge on any atom is -0.207 e. The van der Waals surface area contributed by atoms with Crippen molar-refractivity contribution in [2.75, 3.05) is 0 Å². The van der Waals surface area contributed by atoms with Crippen molar-refractivity contribution in [3.05, 3.63) is 34.6 Å². The lowest BCUT2D eigenvalue weighted by molar-refractivity contribution is 0.113. The van der Waals surface area contributed by atoms with Crippen LogP contribution in [0.25, 0.3) is 0 Å². The smallest absolute Gasteiger partial charge is 0.126 e. The Balaban J connectivity index is 1.38. The summed E-state index contributed by atoms with van der Waals surface area (Å²) in [6.45, 7) is 4.57. The van der Waals surface area contributed by atoms with E-state index in [1.54, 1.807) is 0 Å². The van der Waals surface area contributed by atoms with Crippen molar-refractivity contribution >= 4 is 0 Å². The standard InChI is InChI=1S/C26H39F/c1-3-4-5-6-19-8-10-21-15-22(12-11-20(21)14-19)24-16-23-9-7-18(2)13-25(23)26(27)17-24/h16-22H,3-15H2,1-2H3. The van der Waals surface area contributed by atoms with Crippen LogP contribution < -0.4 is 0 Å². The van der Waals surface area contributed by atoms with Gasteiger partial charge in [-0.1, -0.05) is 52.0 Å². The van der Waals surface area contributed by atoms with Crippen LogP contribution >= 0.6 is 0 Å². The van der Waals surface area contributed by atoms with Crippen molar-refractivity contribution in [2.45, 2.75) is 103 Å². The molecule has 2 fully saturated rings. The summed E-state index contributed by atoms with van der Waals surface area (Å²) in [5.74, 6) is 4.21. The summed E-state index contributed by atoms with van der Waals surface area (Å²) in [6, 6.07) is 4.31. The van der Waals surface area contributed by atoms with Gasteiger partial charge in [0.2, 0.25) is 0 Å². The van der Waals surface area contributed by atoms with Gasteiger partial charge in [-0.15, -0.1) is 0 Å². The summed E-state index contributed by atoms with van der Waals surface area (Å²) < 4.78 is 14.8. The molecule has 0 radical (unpaired) electrons. The molecule has 0 heterocycles. The molecule has 27 heavy (non-hydrogen) atoms. The third-order valence-electron chi connectivity index (χ3n) is 8.18. The first kappa shape index (κ1) is 19.5. The maximum Gasteiger partial charge on any atom is 0.126 e. The van der Waals surface area contributed by atoms with Crippen molar-refractivity contribution in [1.29, 1.82) is 0 Å². The highest BCUT2D eigenvalue weighted by atomic mass is 19.1. The number of aryl methyl sites for hydroxylation is 1. The molecule has 0 nitrogen and oxygen atoms in total. The van der Waals surface area contributed by atoms with Crippen molar-refractivity contribution in [2.24, 2.45) is 23.7 Å². The summed E-state index contributed by atoms with van der Waals surface area (Å²) in [5.41, 5.74) is 3.67. The van der Waals surface area contributed by atoms with Crippen molar-refractivity contribution in [3.63, 3.8) is 0 Å². The number of unbranched alkanes of at least 4 members (excludes halogenated alkanes) is 2. The summed E-state index contributed by atoms with van der Waals surface area (Å²) in [4.78, 5) is 0. The molecular formula is C26H39F. The molecule has 0 N–H and O–H groups in total. The van der Waals surface area contributed by atoms with E-state index < -0.39 is 0 Å². The predicted octanol–water partition coefficient (Wildman–Crippen LogP) is 7.83. The van der Waals surface area contributed by atoms with Crippen LogP contribution in [0.5, 0.6) is 0 Å². The summed E-state index contributed by atoms with van der Waals surface area (Å²) >= 11 is 0. The Kier molecular flexibility index (Phi) is 6.25. The number of benzene rings is 1. The van der Waals surface area contributed by atoms with Gasteiger partial charge in [0.15, 0.2) is 0 Å².